The molecule has 0 aromatic heterocycles. The molecule has 2 N–H and O–H groups in total. The molecule has 0 bridgehead atoms. The zero-order chi connectivity index (χ0) is 43.9. The number of aliphatic hydroxyl groups is 2. The number of fused-ring (bicyclic) bond motifs is 3. The van der Waals surface area contributed by atoms with Crippen LogP contribution in [0.15, 0.2) is 114 Å². The smallest absolute Gasteiger partial charge is 0.410 e. The van der Waals surface area contributed by atoms with Gasteiger partial charge in [0.15, 0.2) is 0 Å². The van der Waals surface area contributed by atoms with Gasteiger partial charge in [0.25, 0.3) is 0 Å². The molecule has 1 heterocycles. The van der Waals surface area contributed by atoms with Crippen LogP contribution in [0.25, 0.3) is 10.8 Å². The Hall–Kier alpha value is -5.23. The Morgan fingerprint density at radius 2 is 1.69 bits per heavy atom. The minimum Gasteiger partial charge on any atom is -0.489 e. The molecule has 6 unspecified atom stereocenters. The highest BCUT2D eigenvalue weighted by Gasteiger charge is 2.65. The number of amides is 1. The largest absolute Gasteiger partial charge is 0.489 e. The number of carbonyl (C=O) groups excluding carboxylic acids is 1. The predicted molar refractivity (Wildman–Crippen MR) is 238 cm³/mol. The number of ether oxygens (including phenoxy) is 4. The van der Waals surface area contributed by atoms with E-state index in [0.29, 0.717) is 35.6 Å². The van der Waals surface area contributed by atoms with E-state index in [1.807, 2.05) is 63.2 Å². The molecular weight excluding hydrogens is 788 g/mol. The van der Waals surface area contributed by atoms with E-state index in [4.69, 9.17) is 28.9 Å². The van der Waals surface area contributed by atoms with Crippen molar-refractivity contribution in [1.29, 1.82) is 0 Å². The summed E-state index contributed by atoms with van der Waals surface area (Å²) in [5.74, 6) is -1.40. The van der Waals surface area contributed by atoms with Crippen LogP contribution in [-0.4, -0.2) is 71.3 Å². The van der Waals surface area contributed by atoms with Gasteiger partial charge < -0.3 is 34.0 Å². The highest BCUT2D eigenvalue weighted by Crippen LogP contribution is 2.62. The summed E-state index contributed by atoms with van der Waals surface area (Å²) in [6.07, 6.45) is 8.15. The fraction of sp³-hybridized carbons (Fsp3) is 0.451. The molecule has 0 radical (unpaired) electrons. The first-order valence-electron chi connectivity index (χ1n) is 22.0. The Morgan fingerprint density at radius 3 is 2.44 bits per heavy atom. The number of unbranched alkanes of at least 4 members (excludes halogenated alkanes) is 2. The minimum atomic E-state index is -1.47. The summed E-state index contributed by atoms with van der Waals surface area (Å²) in [5.41, 5.74) is 3.26. The van der Waals surface area contributed by atoms with Gasteiger partial charge >= 0.3 is 6.09 Å². The first kappa shape index (κ1) is 44.8. The van der Waals surface area contributed by atoms with Crippen LogP contribution in [0, 0.1) is 23.6 Å². The van der Waals surface area contributed by atoms with Gasteiger partial charge in [-0.25, -0.2) is 9.18 Å². The number of benzene rings is 4. The number of nitrogens with zero attached hydrogens (tertiary/aromatic N) is 2. The van der Waals surface area contributed by atoms with Gasteiger partial charge in [0.05, 0.1) is 31.9 Å². The number of aliphatic hydroxyl groups excluding tert-OH is 2. The van der Waals surface area contributed by atoms with Crippen molar-refractivity contribution in [3.8, 4) is 11.5 Å². The van der Waals surface area contributed by atoms with E-state index in [1.54, 1.807) is 29.2 Å². The number of oxime groups is 1. The number of allylic oxidation sites excluding steroid dienone is 1. The molecule has 0 saturated heterocycles. The Morgan fingerprint density at radius 1 is 0.968 bits per heavy atom. The zero-order valence-corrected chi connectivity index (χ0v) is 36.4. The third kappa shape index (κ3) is 9.55. The third-order valence-electron chi connectivity index (χ3n) is 12.4. The van der Waals surface area contributed by atoms with Gasteiger partial charge in [-0.1, -0.05) is 90.8 Å². The normalized spacial score (nSPS) is 23.4. The zero-order valence-electron chi connectivity index (χ0n) is 36.4. The van der Waals surface area contributed by atoms with Gasteiger partial charge in [0, 0.05) is 36.7 Å². The summed E-state index contributed by atoms with van der Waals surface area (Å²) in [6, 6.07) is 25.7. The number of hydrogen-bond acceptors (Lipinski definition) is 9. The maximum atomic E-state index is 14.8. The standard InChI is InChI=1S/C51H61FN2O8/c1-6-28-60-51-46(54(49(57)58-5)32-36-20-15-19-34-16-7-9-21-39(34)36)31-44(53-62-50(2,3)4)41-29-35(17-11-13-26-55)40(22-12-14-27-56)47(48(41)51)42-30-38(24-25-45(42)61-51)59-33-37-18-8-10-23-43(37)52/h6-10,15-16,18-21,23-25,29-30,35,40,46-48,55-56H,1,11-14,17,22,26-28,31-33H2,2-5H3. The minimum absolute atomic E-state index is 0.0124. The predicted octanol–water partition coefficient (Wildman–Crippen LogP) is 10.3. The van der Waals surface area contributed by atoms with Crippen LogP contribution in [0.1, 0.15) is 88.3 Å². The second-order valence-corrected chi connectivity index (χ2v) is 17.6. The van der Waals surface area contributed by atoms with E-state index in [1.165, 1.54) is 13.2 Å². The molecule has 62 heavy (non-hydrogen) atoms. The lowest BCUT2D eigenvalue weighted by molar-refractivity contribution is -0.256. The molecule has 11 heteroatoms. The summed E-state index contributed by atoms with van der Waals surface area (Å²) >= 11 is 0. The molecule has 6 atom stereocenters. The van der Waals surface area contributed by atoms with Crippen LogP contribution < -0.4 is 9.47 Å². The van der Waals surface area contributed by atoms with E-state index >= 15 is 0 Å². The van der Waals surface area contributed by atoms with Crippen molar-refractivity contribution in [2.75, 3.05) is 26.9 Å². The van der Waals surface area contributed by atoms with Crippen molar-refractivity contribution in [3.05, 3.63) is 132 Å². The summed E-state index contributed by atoms with van der Waals surface area (Å²) in [5, 5.41) is 26.9. The van der Waals surface area contributed by atoms with Crippen molar-refractivity contribution < 1.29 is 43.2 Å². The van der Waals surface area contributed by atoms with Crippen LogP contribution in [0.3, 0.4) is 0 Å². The highest BCUT2D eigenvalue weighted by molar-refractivity contribution is 6.03. The number of halogens is 1. The number of carbonyl (C=O) groups is 1. The van der Waals surface area contributed by atoms with E-state index < -0.39 is 29.4 Å². The van der Waals surface area contributed by atoms with Crippen molar-refractivity contribution in [3.63, 3.8) is 0 Å². The molecular formula is C51H61FN2O8. The van der Waals surface area contributed by atoms with Crippen molar-refractivity contribution >= 4 is 22.6 Å². The molecule has 4 aromatic rings. The summed E-state index contributed by atoms with van der Waals surface area (Å²) in [6.45, 7) is 10.4. The molecule has 7 rings (SSSR count). The third-order valence-corrected chi connectivity index (χ3v) is 12.4. The van der Waals surface area contributed by atoms with Gasteiger partial charge in [-0.2, -0.15) is 0 Å². The molecule has 1 amide bonds. The first-order chi connectivity index (χ1) is 30.0. The van der Waals surface area contributed by atoms with Crippen LogP contribution in [0.5, 0.6) is 11.5 Å². The number of rotatable bonds is 18. The van der Waals surface area contributed by atoms with Gasteiger partial charge in [-0.05, 0) is 104 Å². The van der Waals surface area contributed by atoms with Gasteiger partial charge in [-0.15, -0.1) is 6.58 Å². The highest BCUT2D eigenvalue weighted by atomic mass is 19.1. The molecule has 2 aliphatic carbocycles. The fourth-order valence-corrected chi connectivity index (χ4v) is 9.74. The molecule has 1 aliphatic heterocycles. The maximum Gasteiger partial charge on any atom is 0.410 e. The Bertz CT molecular complexity index is 2250. The fourth-order valence-electron chi connectivity index (χ4n) is 9.74. The van der Waals surface area contributed by atoms with Crippen molar-refractivity contribution in [1.82, 2.24) is 4.90 Å². The SMILES string of the molecule is C=CCOC12Oc3ccc(OCc4ccccc4F)cc3C3C(CCCCO)C(CCCCO)C=C(C(=NOC(C)(C)C)CC1N(Cc1cccc4ccccc14)C(=O)OC)C32. The Balaban J connectivity index is 1.46. The van der Waals surface area contributed by atoms with Crippen LogP contribution >= 0.6 is 0 Å². The lowest BCUT2D eigenvalue weighted by atomic mass is 9.55. The van der Waals surface area contributed by atoms with Crippen molar-refractivity contribution in [2.24, 2.45) is 22.9 Å². The van der Waals surface area contributed by atoms with E-state index in [0.717, 1.165) is 53.2 Å². The topological polar surface area (TPSA) is 119 Å². The molecule has 1 fully saturated rings. The molecule has 1 saturated carbocycles. The molecule has 330 valence electrons. The van der Waals surface area contributed by atoms with Crippen LogP contribution in [0.2, 0.25) is 0 Å². The Kier molecular flexibility index (Phi) is 14.4. The van der Waals surface area contributed by atoms with E-state index in [9.17, 15) is 19.4 Å². The first-order valence-corrected chi connectivity index (χ1v) is 22.0. The summed E-state index contributed by atoms with van der Waals surface area (Å²) in [4.78, 5) is 22.4. The van der Waals surface area contributed by atoms with Crippen LogP contribution in [0.4, 0.5) is 9.18 Å². The second-order valence-electron chi connectivity index (χ2n) is 17.6. The number of methoxy groups -OCH3 is 1. The molecule has 0 spiro atoms. The van der Waals surface area contributed by atoms with E-state index in [-0.39, 0.29) is 63.0 Å². The monoisotopic (exact) mass is 848 g/mol. The quantitative estimate of drug-likeness (QED) is 0.0577. The lowest BCUT2D eigenvalue weighted by Crippen LogP contribution is -2.70. The maximum absolute atomic E-state index is 14.8. The molecule has 3 aliphatic rings. The average Bonchev–Trinajstić information content (AvgIpc) is 3.27. The molecule has 10 nitrogen and oxygen atoms in total. The van der Waals surface area contributed by atoms with Gasteiger partial charge in [0.1, 0.15) is 35.6 Å². The molecule has 4 aromatic carbocycles. The van der Waals surface area contributed by atoms with E-state index in [2.05, 4.69) is 30.9 Å². The van der Waals surface area contributed by atoms with Gasteiger partial charge in [-0.3, -0.25) is 4.90 Å². The number of hydrogen-bond donors (Lipinski definition) is 2. The van der Waals surface area contributed by atoms with Crippen molar-refractivity contribution in [2.45, 2.75) is 102 Å². The summed E-state index contributed by atoms with van der Waals surface area (Å²) in [7, 11) is 1.39. The van der Waals surface area contributed by atoms with Crippen LogP contribution in [-0.2, 0) is 27.5 Å². The Labute approximate surface area is 365 Å². The lowest BCUT2D eigenvalue weighted by Gasteiger charge is -2.60. The second kappa shape index (κ2) is 19.9. The average molecular weight is 849 g/mol. The summed E-state index contributed by atoms with van der Waals surface area (Å²) < 4.78 is 41.2. The van der Waals surface area contributed by atoms with Gasteiger partial charge in [0.2, 0.25) is 5.79 Å².